The first-order chi connectivity index (χ1) is 28.4. The summed E-state index contributed by atoms with van der Waals surface area (Å²) in [5.41, 5.74) is 0. The second-order valence-corrected chi connectivity index (χ2v) is 16.7. The van der Waals surface area contributed by atoms with Crippen LogP contribution in [0.1, 0.15) is 149 Å². The summed E-state index contributed by atoms with van der Waals surface area (Å²) in [6.07, 6.45) is 27.0. The van der Waals surface area contributed by atoms with Crippen LogP contribution in [-0.4, -0.2) is 106 Å². The molecule has 0 aliphatic carbocycles. The number of phosphoric acid groups is 1. The SMILES string of the molecule is CC/C=C\CC(O)/C=C/C1OC(O)CC(O)C1C/C=C\CCCC(=O)OC(COC(=O)CCCCCCC/C=C\CCCCCCCC)COP(=O)(O)OCC(O)CO. The van der Waals surface area contributed by atoms with E-state index >= 15 is 0 Å². The topological polar surface area (TPSA) is 219 Å². The van der Waals surface area contributed by atoms with E-state index in [-0.39, 0.29) is 25.2 Å². The lowest BCUT2D eigenvalue weighted by atomic mass is 9.87. The van der Waals surface area contributed by atoms with E-state index in [1.165, 1.54) is 38.5 Å². The van der Waals surface area contributed by atoms with Crippen molar-refractivity contribution >= 4 is 19.8 Å². The smallest absolute Gasteiger partial charge is 0.462 e. The number of esters is 2. The molecule has 1 aliphatic rings. The Balaban J connectivity index is 2.52. The Morgan fingerprint density at radius 2 is 1.37 bits per heavy atom. The molecule has 0 aromatic rings. The molecule has 1 saturated heterocycles. The van der Waals surface area contributed by atoms with Crippen molar-refractivity contribution in [1.82, 2.24) is 0 Å². The van der Waals surface area contributed by atoms with Crippen molar-refractivity contribution in [2.75, 3.05) is 26.4 Å². The molecule has 8 unspecified atom stereocenters. The van der Waals surface area contributed by atoms with Gasteiger partial charge in [0.05, 0.1) is 38.1 Å². The molecule has 1 rings (SSSR count). The maximum Gasteiger partial charge on any atom is 0.472 e. The highest BCUT2D eigenvalue weighted by molar-refractivity contribution is 7.47. The van der Waals surface area contributed by atoms with E-state index in [1.807, 2.05) is 31.2 Å². The predicted molar refractivity (Wildman–Crippen MR) is 227 cm³/mol. The summed E-state index contributed by atoms with van der Waals surface area (Å²) >= 11 is 0. The van der Waals surface area contributed by atoms with E-state index in [4.69, 9.17) is 23.8 Å². The third kappa shape index (κ3) is 30.4. The van der Waals surface area contributed by atoms with Crippen LogP contribution < -0.4 is 0 Å². The van der Waals surface area contributed by atoms with Crippen LogP contribution in [0.4, 0.5) is 0 Å². The first kappa shape index (κ1) is 54.8. The van der Waals surface area contributed by atoms with Gasteiger partial charge in [0.1, 0.15) is 12.7 Å². The molecule has 0 radical (unpaired) electrons. The van der Waals surface area contributed by atoms with Gasteiger partial charge in [-0.15, -0.1) is 0 Å². The molecule has 8 atom stereocenters. The summed E-state index contributed by atoms with van der Waals surface area (Å²) in [6, 6.07) is 0. The van der Waals surface area contributed by atoms with Crippen LogP contribution in [0.2, 0.25) is 0 Å². The van der Waals surface area contributed by atoms with Gasteiger partial charge in [0.15, 0.2) is 12.4 Å². The lowest BCUT2D eigenvalue weighted by molar-refractivity contribution is -0.199. The van der Waals surface area contributed by atoms with Gasteiger partial charge in [-0.1, -0.05) is 114 Å². The zero-order valence-corrected chi connectivity index (χ0v) is 36.6. The normalized spacial score (nSPS) is 21.4. The van der Waals surface area contributed by atoms with E-state index in [0.717, 1.165) is 44.9 Å². The van der Waals surface area contributed by atoms with Crippen LogP contribution in [0.15, 0.2) is 48.6 Å². The first-order valence-corrected chi connectivity index (χ1v) is 23.5. The third-order valence-electron chi connectivity index (χ3n) is 9.74. The minimum atomic E-state index is -4.70. The summed E-state index contributed by atoms with van der Waals surface area (Å²) in [7, 11) is -4.70. The van der Waals surface area contributed by atoms with Gasteiger partial charge in [0.2, 0.25) is 0 Å². The van der Waals surface area contributed by atoms with Gasteiger partial charge in [-0.3, -0.25) is 18.6 Å². The van der Waals surface area contributed by atoms with Crippen molar-refractivity contribution in [2.24, 2.45) is 5.92 Å². The van der Waals surface area contributed by atoms with Gasteiger partial charge < -0.3 is 44.6 Å². The maximum absolute atomic E-state index is 12.7. The second kappa shape index (κ2) is 35.4. The highest BCUT2D eigenvalue weighted by Gasteiger charge is 2.35. The molecule has 1 heterocycles. The first-order valence-electron chi connectivity index (χ1n) is 22.0. The molecule has 0 aromatic carbocycles. The molecule has 0 bridgehead atoms. The summed E-state index contributed by atoms with van der Waals surface area (Å²) < 4.78 is 38.3. The monoisotopic (exact) mass is 861 g/mol. The van der Waals surface area contributed by atoms with E-state index in [0.29, 0.717) is 32.1 Å². The molecule has 6 N–H and O–H groups in total. The van der Waals surface area contributed by atoms with Crippen LogP contribution in [0.5, 0.6) is 0 Å². The number of carbonyl (C=O) groups excluding carboxylic acids is 2. The zero-order chi connectivity index (χ0) is 43.6. The van der Waals surface area contributed by atoms with Crippen LogP contribution in [0, 0.1) is 5.92 Å². The molecule has 15 heteroatoms. The fourth-order valence-electron chi connectivity index (χ4n) is 6.28. The number of phosphoric ester groups is 1. The Labute approximate surface area is 353 Å². The van der Waals surface area contributed by atoms with Crippen LogP contribution >= 0.6 is 7.82 Å². The number of hydrogen-bond donors (Lipinski definition) is 6. The Morgan fingerprint density at radius 3 is 2.05 bits per heavy atom. The summed E-state index contributed by atoms with van der Waals surface area (Å²) in [5.74, 6) is -1.50. The Morgan fingerprint density at radius 1 is 0.763 bits per heavy atom. The molecular formula is C44H77O14P. The highest BCUT2D eigenvalue weighted by Crippen LogP contribution is 2.43. The molecule has 14 nitrogen and oxygen atoms in total. The Kier molecular flexibility index (Phi) is 32.8. The molecule has 59 heavy (non-hydrogen) atoms. The van der Waals surface area contributed by atoms with E-state index < -0.39 is 83.0 Å². The lowest BCUT2D eigenvalue weighted by Gasteiger charge is -2.36. The van der Waals surface area contributed by atoms with Crippen LogP contribution in [0.3, 0.4) is 0 Å². The molecule has 0 spiro atoms. The van der Waals surface area contributed by atoms with Crippen molar-refractivity contribution in [3.05, 3.63) is 48.6 Å². The summed E-state index contributed by atoms with van der Waals surface area (Å²) in [4.78, 5) is 35.2. The average molecular weight is 861 g/mol. The van der Waals surface area contributed by atoms with Gasteiger partial charge in [0.25, 0.3) is 0 Å². The lowest BCUT2D eigenvalue weighted by Crippen LogP contribution is -2.43. The van der Waals surface area contributed by atoms with Crippen molar-refractivity contribution in [1.29, 1.82) is 0 Å². The largest absolute Gasteiger partial charge is 0.472 e. The molecule has 342 valence electrons. The fourth-order valence-corrected chi connectivity index (χ4v) is 7.07. The quantitative estimate of drug-likeness (QED) is 0.0156. The Hall–Kier alpha value is -2.23. The van der Waals surface area contributed by atoms with Crippen molar-refractivity contribution in [2.45, 2.75) is 185 Å². The second-order valence-electron chi connectivity index (χ2n) is 15.2. The fraction of sp³-hybridized carbons (Fsp3) is 0.773. The molecule has 0 aromatic heterocycles. The molecule has 0 amide bonds. The van der Waals surface area contributed by atoms with Gasteiger partial charge in [-0.2, -0.15) is 0 Å². The molecular weight excluding hydrogens is 783 g/mol. The standard InChI is InChI=1S/C44H77O14P/c1-3-5-7-8-9-10-11-12-13-14-15-16-17-18-23-27-42(49)54-34-38(35-56-59(52,53)55-33-37(47)32-45)57-43(50)28-24-20-19-22-26-39-40(48)31-44(51)58-41(39)30-29-36(46)25-21-6-4-2/h6,12-13,19,21-22,29-30,36-41,44-48,51H,3-5,7-11,14-18,20,23-28,31-35H2,1-2H3,(H,52,53)/b13-12-,21-6-,22-19-,30-29+. The zero-order valence-electron chi connectivity index (χ0n) is 35.7. The van der Waals surface area contributed by atoms with Crippen molar-refractivity contribution in [3.8, 4) is 0 Å². The number of allylic oxidation sites excluding steroid dienone is 5. The van der Waals surface area contributed by atoms with E-state index in [1.54, 1.807) is 12.2 Å². The third-order valence-corrected chi connectivity index (χ3v) is 10.7. The summed E-state index contributed by atoms with van der Waals surface area (Å²) in [6.45, 7) is 1.84. The van der Waals surface area contributed by atoms with E-state index in [2.05, 4.69) is 23.6 Å². The van der Waals surface area contributed by atoms with E-state index in [9.17, 15) is 39.5 Å². The number of rotatable bonds is 36. The summed E-state index contributed by atoms with van der Waals surface area (Å²) in [5, 5.41) is 49.3. The van der Waals surface area contributed by atoms with Crippen molar-refractivity contribution in [3.63, 3.8) is 0 Å². The minimum Gasteiger partial charge on any atom is -0.462 e. The number of hydrogen-bond acceptors (Lipinski definition) is 13. The average Bonchev–Trinajstić information content (AvgIpc) is 3.20. The van der Waals surface area contributed by atoms with Gasteiger partial charge in [-0.25, -0.2) is 4.57 Å². The number of unbranched alkanes of at least 4 members (excludes halogenated alkanes) is 12. The maximum atomic E-state index is 12.7. The van der Waals surface area contributed by atoms with Gasteiger partial charge in [-0.05, 0) is 64.2 Å². The van der Waals surface area contributed by atoms with Crippen LogP contribution in [0.25, 0.3) is 0 Å². The van der Waals surface area contributed by atoms with Gasteiger partial charge in [0, 0.05) is 25.2 Å². The number of aliphatic hydroxyl groups excluding tert-OH is 5. The molecule has 1 fully saturated rings. The minimum absolute atomic E-state index is 0.0171. The molecule has 1 aliphatic heterocycles. The van der Waals surface area contributed by atoms with Gasteiger partial charge >= 0.3 is 19.8 Å². The number of ether oxygens (including phenoxy) is 3. The number of aliphatic hydroxyl groups is 5. The van der Waals surface area contributed by atoms with Crippen LogP contribution in [-0.2, 0) is 37.4 Å². The predicted octanol–water partition coefficient (Wildman–Crippen LogP) is 7.44. The highest BCUT2D eigenvalue weighted by atomic mass is 31.2. The molecule has 0 saturated carbocycles. The number of carbonyl (C=O) groups is 2. The Bertz CT molecular complexity index is 1240. The van der Waals surface area contributed by atoms with Crippen molar-refractivity contribution < 1.29 is 67.8 Å².